The molecule has 6 heteroatoms. The van der Waals surface area contributed by atoms with Gasteiger partial charge in [0.1, 0.15) is 11.5 Å². The van der Waals surface area contributed by atoms with Gasteiger partial charge in [0.15, 0.2) is 5.72 Å². The second-order valence-electron chi connectivity index (χ2n) is 5.91. The third-order valence-electron chi connectivity index (χ3n) is 4.29. The molecule has 0 unspecified atom stereocenters. The highest BCUT2D eigenvalue weighted by molar-refractivity contribution is 5.98. The number of hydrogen-bond donors (Lipinski definition) is 2. The Hall–Kier alpha value is -2.86. The quantitative estimate of drug-likeness (QED) is 0.896. The summed E-state index contributed by atoms with van der Waals surface area (Å²) in [5.41, 5.74) is -0.0333. The lowest BCUT2D eigenvalue weighted by Crippen LogP contribution is -2.43. The summed E-state index contributed by atoms with van der Waals surface area (Å²) < 4.78 is 5.15. The van der Waals surface area contributed by atoms with Crippen LogP contribution in [0.2, 0.25) is 0 Å². The van der Waals surface area contributed by atoms with Gasteiger partial charge in [0, 0.05) is 23.3 Å². The molecule has 2 N–H and O–H groups in total. The average molecular weight is 340 g/mol. The summed E-state index contributed by atoms with van der Waals surface area (Å²) in [6.45, 7) is 1.93. The van der Waals surface area contributed by atoms with Gasteiger partial charge < -0.3 is 14.9 Å². The molecule has 0 fully saturated rings. The van der Waals surface area contributed by atoms with Crippen LogP contribution in [0.4, 0.5) is 0 Å². The SMILES string of the molecule is CCC1=NN(C(=O)c2cccc(O)c2)[C@](O)(c2ccc(OC)cc2)C1. The minimum absolute atomic E-state index is 0.0160. The fourth-order valence-electron chi connectivity index (χ4n) is 2.87. The van der Waals surface area contributed by atoms with Crippen molar-refractivity contribution in [2.24, 2.45) is 5.10 Å². The van der Waals surface area contributed by atoms with E-state index >= 15 is 0 Å². The van der Waals surface area contributed by atoms with Crippen molar-refractivity contribution < 1.29 is 19.7 Å². The molecule has 0 bridgehead atoms. The van der Waals surface area contributed by atoms with Crippen LogP contribution in [0, 0.1) is 0 Å². The van der Waals surface area contributed by atoms with Crippen molar-refractivity contribution in [1.82, 2.24) is 5.01 Å². The van der Waals surface area contributed by atoms with Crippen LogP contribution < -0.4 is 4.74 Å². The van der Waals surface area contributed by atoms with Crippen LogP contribution in [0.25, 0.3) is 0 Å². The molecular formula is C19H20N2O4. The molecule has 130 valence electrons. The number of carbonyl (C=O) groups excluding carboxylic acids is 1. The number of amides is 1. The van der Waals surface area contributed by atoms with E-state index in [0.717, 1.165) is 10.7 Å². The molecule has 0 saturated carbocycles. The molecule has 2 aromatic carbocycles. The summed E-state index contributed by atoms with van der Waals surface area (Å²) >= 11 is 0. The average Bonchev–Trinajstić information content (AvgIpc) is 2.99. The first kappa shape index (κ1) is 17.0. The number of aromatic hydroxyl groups is 1. The predicted octanol–water partition coefficient (Wildman–Crippen LogP) is 2.86. The van der Waals surface area contributed by atoms with Crippen molar-refractivity contribution in [3.05, 3.63) is 59.7 Å². The van der Waals surface area contributed by atoms with Crippen LogP contribution in [-0.4, -0.2) is 34.0 Å². The molecule has 1 amide bonds. The number of methoxy groups -OCH3 is 1. The van der Waals surface area contributed by atoms with Gasteiger partial charge in [-0.05, 0) is 36.8 Å². The van der Waals surface area contributed by atoms with Crippen molar-refractivity contribution in [3.8, 4) is 11.5 Å². The Morgan fingerprint density at radius 1 is 1.28 bits per heavy atom. The topological polar surface area (TPSA) is 82.4 Å². The molecule has 0 radical (unpaired) electrons. The predicted molar refractivity (Wildman–Crippen MR) is 93.5 cm³/mol. The summed E-state index contributed by atoms with van der Waals surface area (Å²) in [5.74, 6) is 0.170. The van der Waals surface area contributed by atoms with Crippen LogP contribution in [0.15, 0.2) is 53.6 Å². The molecule has 0 saturated heterocycles. The molecule has 25 heavy (non-hydrogen) atoms. The Morgan fingerprint density at radius 3 is 2.60 bits per heavy atom. The van der Waals surface area contributed by atoms with Crippen molar-refractivity contribution in [2.75, 3.05) is 7.11 Å². The zero-order chi connectivity index (χ0) is 18.0. The molecule has 6 nitrogen and oxygen atoms in total. The third kappa shape index (κ3) is 3.08. The highest BCUT2D eigenvalue weighted by atomic mass is 16.5. The third-order valence-corrected chi connectivity index (χ3v) is 4.29. The zero-order valence-corrected chi connectivity index (χ0v) is 14.1. The first-order chi connectivity index (χ1) is 12.0. The largest absolute Gasteiger partial charge is 0.508 e. The molecule has 1 atom stereocenters. The first-order valence-corrected chi connectivity index (χ1v) is 8.05. The van der Waals surface area contributed by atoms with Crippen molar-refractivity contribution >= 4 is 11.6 Å². The smallest absolute Gasteiger partial charge is 0.277 e. The standard InChI is InChI=1S/C19H20N2O4/c1-3-15-12-19(24,14-7-9-17(25-2)10-8-14)21(20-15)18(23)13-5-4-6-16(22)11-13/h4-11,22,24H,3,12H2,1-2H3/t19-/m1/s1. The van der Waals surface area contributed by atoms with Gasteiger partial charge >= 0.3 is 0 Å². The van der Waals surface area contributed by atoms with E-state index in [1.54, 1.807) is 43.5 Å². The number of phenols is 1. The Balaban J connectivity index is 2.01. The van der Waals surface area contributed by atoms with Gasteiger partial charge in [0.05, 0.1) is 7.11 Å². The highest BCUT2D eigenvalue weighted by Gasteiger charge is 2.45. The van der Waals surface area contributed by atoms with E-state index in [4.69, 9.17) is 4.74 Å². The van der Waals surface area contributed by atoms with Crippen LogP contribution in [0.5, 0.6) is 11.5 Å². The Morgan fingerprint density at radius 2 is 2.00 bits per heavy atom. The molecule has 0 aliphatic carbocycles. The maximum absolute atomic E-state index is 12.9. The lowest BCUT2D eigenvalue weighted by atomic mass is 9.96. The van der Waals surface area contributed by atoms with Crippen molar-refractivity contribution in [3.63, 3.8) is 0 Å². The van der Waals surface area contributed by atoms with Crippen LogP contribution in [-0.2, 0) is 5.72 Å². The van der Waals surface area contributed by atoms with Gasteiger partial charge in [0.2, 0.25) is 0 Å². The summed E-state index contributed by atoms with van der Waals surface area (Å²) in [6, 6.07) is 12.9. The number of phenolic OH excluding ortho intramolecular Hbond substituents is 1. The van der Waals surface area contributed by atoms with Crippen molar-refractivity contribution in [2.45, 2.75) is 25.5 Å². The fourth-order valence-corrected chi connectivity index (χ4v) is 2.87. The Bertz CT molecular complexity index is 816. The number of hydrogen-bond acceptors (Lipinski definition) is 5. The maximum atomic E-state index is 12.9. The van der Waals surface area contributed by atoms with Gasteiger partial charge in [-0.2, -0.15) is 10.1 Å². The lowest BCUT2D eigenvalue weighted by molar-refractivity contribution is -0.0765. The number of carbonyl (C=O) groups is 1. The highest BCUT2D eigenvalue weighted by Crippen LogP contribution is 2.37. The van der Waals surface area contributed by atoms with E-state index in [1.807, 2.05) is 6.92 Å². The minimum Gasteiger partial charge on any atom is -0.508 e. The molecule has 2 aromatic rings. The molecule has 1 aliphatic heterocycles. The van der Waals surface area contributed by atoms with E-state index in [0.29, 0.717) is 17.7 Å². The Kier molecular flexibility index (Phi) is 4.46. The summed E-state index contributed by atoms with van der Waals surface area (Å²) in [5, 5.41) is 26.3. The number of nitrogens with zero attached hydrogens (tertiary/aromatic N) is 2. The van der Waals surface area contributed by atoms with Gasteiger partial charge in [-0.1, -0.05) is 25.1 Å². The summed E-state index contributed by atoms with van der Waals surface area (Å²) in [4.78, 5) is 12.9. The minimum atomic E-state index is -1.57. The fraction of sp³-hybridized carbons (Fsp3) is 0.263. The number of ether oxygens (including phenoxy) is 1. The Labute approximate surface area is 146 Å². The van der Waals surface area contributed by atoms with Crippen LogP contribution >= 0.6 is 0 Å². The molecule has 0 aromatic heterocycles. The summed E-state index contributed by atoms with van der Waals surface area (Å²) in [6.07, 6.45) is 0.864. The van der Waals surface area contributed by atoms with Gasteiger partial charge in [-0.15, -0.1) is 0 Å². The second kappa shape index (κ2) is 6.57. The van der Waals surface area contributed by atoms with Gasteiger partial charge in [-0.3, -0.25) is 4.79 Å². The monoisotopic (exact) mass is 340 g/mol. The maximum Gasteiger partial charge on any atom is 0.277 e. The van der Waals surface area contributed by atoms with E-state index in [2.05, 4.69) is 5.10 Å². The zero-order valence-electron chi connectivity index (χ0n) is 14.1. The van der Waals surface area contributed by atoms with Crippen molar-refractivity contribution in [1.29, 1.82) is 0 Å². The summed E-state index contributed by atoms with van der Waals surface area (Å²) in [7, 11) is 1.56. The van der Waals surface area contributed by atoms with Crippen LogP contribution in [0.3, 0.4) is 0 Å². The number of rotatable bonds is 4. The molecule has 3 rings (SSSR count). The molecular weight excluding hydrogens is 320 g/mol. The number of hydrazone groups is 1. The lowest BCUT2D eigenvalue weighted by Gasteiger charge is -2.31. The van der Waals surface area contributed by atoms with E-state index < -0.39 is 11.6 Å². The molecule has 0 spiro atoms. The normalized spacial score (nSPS) is 19.6. The van der Waals surface area contributed by atoms with Crippen LogP contribution in [0.1, 0.15) is 35.7 Å². The number of benzene rings is 2. The molecule has 1 heterocycles. The van der Waals surface area contributed by atoms with E-state index in [-0.39, 0.29) is 17.7 Å². The van der Waals surface area contributed by atoms with E-state index in [1.165, 1.54) is 12.1 Å². The van der Waals surface area contributed by atoms with Gasteiger partial charge in [0.25, 0.3) is 5.91 Å². The second-order valence-corrected chi connectivity index (χ2v) is 5.91. The molecule has 1 aliphatic rings. The van der Waals surface area contributed by atoms with E-state index in [9.17, 15) is 15.0 Å². The number of aliphatic hydroxyl groups is 1. The first-order valence-electron chi connectivity index (χ1n) is 8.05. The van der Waals surface area contributed by atoms with Gasteiger partial charge in [-0.25, -0.2) is 0 Å².